The fourth-order valence-electron chi connectivity index (χ4n) is 1.17. The highest BCUT2D eigenvalue weighted by molar-refractivity contribution is 9.10. The van der Waals surface area contributed by atoms with E-state index in [0.29, 0.717) is 16.9 Å². The second-order valence-corrected chi connectivity index (χ2v) is 4.33. The van der Waals surface area contributed by atoms with E-state index in [1.165, 1.54) is 0 Å². The Morgan fingerprint density at radius 2 is 1.33 bits per heavy atom. The second kappa shape index (κ2) is 6.66. The standard InChI is InChI=1S/C7H6BrNO.C6H8N2/c8-6-4-2-1-3-5(6)7(9)10;7-5-3-1-2-4-6(5)8/h1-4H,(H2,9,10);1-4H,7-8H2. The number of primary amides is 1. The molecule has 0 saturated heterocycles. The van der Waals surface area contributed by atoms with Crippen molar-refractivity contribution in [2.75, 3.05) is 11.5 Å². The summed E-state index contributed by atoms with van der Waals surface area (Å²) in [5.74, 6) is -0.410. The number of halogens is 1. The summed E-state index contributed by atoms with van der Waals surface area (Å²) >= 11 is 3.20. The van der Waals surface area contributed by atoms with Crippen molar-refractivity contribution in [1.29, 1.82) is 0 Å². The molecule has 5 heteroatoms. The number of nitrogen functional groups attached to an aromatic ring is 2. The van der Waals surface area contributed by atoms with E-state index in [1.807, 2.05) is 18.2 Å². The molecule has 4 nitrogen and oxygen atoms in total. The summed E-state index contributed by atoms with van der Waals surface area (Å²) < 4.78 is 0.738. The highest BCUT2D eigenvalue weighted by Gasteiger charge is 2.02. The van der Waals surface area contributed by atoms with Crippen molar-refractivity contribution in [1.82, 2.24) is 0 Å². The first-order chi connectivity index (χ1) is 8.52. The van der Waals surface area contributed by atoms with Crippen LogP contribution >= 0.6 is 15.9 Å². The van der Waals surface area contributed by atoms with Gasteiger partial charge in [0.25, 0.3) is 0 Å². The number of hydrogen-bond acceptors (Lipinski definition) is 3. The monoisotopic (exact) mass is 307 g/mol. The van der Waals surface area contributed by atoms with Crippen LogP contribution in [0.2, 0.25) is 0 Å². The van der Waals surface area contributed by atoms with Crippen LogP contribution in [0.3, 0.4) is 0 Å². The Hall–Kier alpha value is -2.01. The fraction of sp³-hybridized carbons (Fsp3) is 0. The molecule has 0 unspecified atom stereocenters. The predicted molar refractivity (Wildman–Crippen MR) is 77.9 cm³/mol. The van der Waals surface area contributed by atoms with Crippen molar-refractivity contribution < 1.29 is 4.79 Å². The lowest BCUT2D eigenvalue weighted by Gasteiger charge is -1.95. The molecule has 0 fully saturated rings. The summed E-state index contributed by atoms with van der Waals surface area (Å²) in [6, 6.07) is 14.3. The Bertz CT molecular complexity index is 522. The zero-order chi connectivity index (χ0) is 13.5. The molecule has 0 heterocycles. The summed E-state index contributed by atoms with van der Waals surface area (Å²) in [6.45, 7) is 0. The summed E-state index contributed by atoms with van der Waals surface area (Å²) in [7, 11) is 0. The van der Waals surface area contributed by atoms with Crippen LogP contribution in [0.4, 0.5) is 11.4 Å². The van der Waals surface area contributed by atoms with E-state index >= 15 is 0 Å². The number of carbonyl (C=O) groups excluding carboxylic acids is 1. The smallest absolute Gasteiger partial charge is 0.249 e. The molecular formula is C13H14BrN3O. The van der Waals surface area contributed by atoms with Gasteiger partial charge in [0.15, 0.2) is 0 Å². The zero-order valence-corrected chi connectivity index (χ0v) is 11.2. The van der Waals surface area contributed by atoms with Gasteiger partial charge >= 0.3 is 0 Å². The Labute approximate surface area is 114 Å². The van der Waals surface area contributed by atoms with Gasteiger partial charge in [0, 0.05) is 4.47 Å². The molecule has 0 aliphatic heterocycles. The maximum absolute atomic E-state index is 10.6. The van der Waals surface area contributed by atoms with Gasteiger partial charge in [-0.2, -0.15) is 0 Å². The molecule has 0 bridgehead atoms. The van der Waals surface area contributed by atoms with Crippen LogP contribution in [-0.4, -0.2) is 5.91 Å². The first-order valence-electron chi connectivity index (χ1n) is 5.16. The van der Waals surface area contributed by atoms with Crippen LogP contribution in [0.5, 0.6) is 0 Å². The van der Waals surface area contributed by atoms with Crippen molar-refractivity contribution in [3.8, 4) is 0 Å². The summed E-state index contributed by atoms with van der Waals surface area (Å²) in [4.78, 5) is 10.6. The third-order valence-corrected chi connectivity index (χ3v) is 2.83. The zero-order valence-electron chi connectivity index (χ0n) is 9.64. The Morgan fingerprint density at radius 1 is 0.889 bits per heavy atom. The maximum Gasteiger partial charge on any atom is 0.249 e. The van der Waals surface area contributed by atoms with Crippen LogP contribution in [0.25, 0.3) is 0 Å². The van der Waals surface area contributed by atoms with Gasteiger partial charge in [0.2, 0.25) is 5.91 Å². The number of nitrogens with two attached hydrogens (primary N) is 3. The molecule has 0 radical (unpaired) electrons. The molecule has 0 aliphatic rings. The first kappa shape index (κ1) is 14.1. The van der Waals surface area contributed by atoms with Gasteiger partial charge in [-0.05, 0) is 40.2 Å². The Balaban J connectivity index is 0.000000184. The summed E-state index contributed by atoms with van der Waals surface area (Å²) in [6.07, 6.45) is 0. The summed E-state index contributed by atoms with van der Waals surface area (Å²) in [5.41, 5.74) is 17.6. The van der Waals surface area contributed by atoms with Crippen LogP contribution in [-0.2, 0) is 0 Å². The largest absolute Gasteiger partial charge is 0.397 e. The Kier molecular flexibility index (Phi) is 5.20. The molecule has 0 aromatic heterocycles. The molecule has 94 valence electrons. The van der Waals surface area contributed by atoms with Crippen LogP contribution in [0.15, 0.2) is 53.0 Å². The van der Waals surface area contributed by atoms with Gasteiger partial charge in [0.05, 0.1) is 16.9 Å². The number of hydrogen-bond donors (Lipinski definition) is 3. The van der Waals surface area contributed by atoms with E-state index in [9.17, 15) is 4.79 Å². The van der Waals surface area contributed by atoms with E-state index in [4.69, 9.17) is 17.2 Å². The SMILES string of the molecule is NC(=O)c1ccccc1Br.Nc1ccccc1N. The maximum atomic E-state index is 10.6. The number of rotatable bonds is 1. The third kappa shape index (κ3) is 4.10. The number of para-hydroxylation sites is 2. The molecule has 0 atom stereocenters. The minimum Gasteiger partial charge on any atom is -0.397 e. The van der Waals surface area contributed by atoms with E-state index in [2.05, 4.69) is 15.9 Å². The van der Waals surface area contributed by atoms with E-state index < -0.39 is 5.91 Å². The molecule has 1 amide bonds. The number of amides is 1. The lowest BCUT2D eigenvalue weighted by molar-refractivity contribution is 0.0999. The minimum atomic E-state index is -0.410. The van der Waals surface area contributed by atoms with Crippen LogP contribution in [0, 0.1) is 0 Å². The highest BCUT2D eigenvalue weighted by atomic mass is 79.9. The van der Waals surface area contributed by atoms with Crippen molar-refractivity contribution in [2.24, 2.45) is 5.73 Å². The number of benzene rings is 2. The highest BCUT2D eigenvalue weighted by Crippen LogP contribution is 2.14. The van der Waals surface area contributed by atoms with Crippen LogP contribution < -0.4 is 17.2 Å². The average Bonchev–Trinajstić information content (AvgIpc) is 2.34. The van der Waals surface area contributed by atoms with E-state index in [0.717, 1.165) is 4.47 Å². The lowest BCUT2D eigenvalue weighted by Crippen LogP contribution is -2.11. The predicted octanol–water partition coefficient (Wildman–Crippen LogP) is 2.40. The van der Waals surface area contributed by atoms with E-state index in [-0.39, 0.29) is 0 Å². The van der Waals surface area contributed by atoms with Gasteiger partial charge < -0.3 is 17.2 Å². The number of anilines is 2. The van der Waals surface area contributed by atoms with Crippen molar-refractivity contribution in [2.45, 2.75) is 0 Å². The normalized spacial score (nSPS) is 9.17. The third-order valence-electron chi connectivity index (χ3n) is 2.14. The van der Waals surface area contributed by atoms with Crippen molar-refractivity contribution in [3.63, 3.8) is 0 Å². The fourth-order valence-corrected chi connectivity index (χ4v) is 1.65. The van der Waals surface area contributed by atoms with Gasteiger partial charge in [-0.25, -0.2) is 0 Å². The van der Waals surface area contributed by atoms with Crippen molar-refractivity contribution >= 4 is 33.2 Å². The summed E-state index contributed by atoms with van der Waals surface area (Å²) in [5, 5.41) is 0. The molecule has 2 rings (SSSR count). The van der Waals surface area contributed by atoms with Gasteiger partial charge in [-0.15, -0.1) is 0 Å². The molecule has 2 aromatic rings. The van der Waals surface area contributed by atoms with E-state index in [1.54, 1.807) is 30.3 Å². The Morgan fingerprint density at radius 3 is 1.67 bits per heavy atom. The molecule has 0 spiro atoms. The number of carbonyl (C=O) groups is 1. The molecule has 2 aromatic carbocycles. The van der Waals surface area contributed by atoms with Gasteiger partial charge in [0.1, 0.15) is 0 Å². The molecule has 6 N–H and O–H groups in total. The van der Waals surface area contributed by atoms with Gasteiger partial charge in [-0.1, -0.05) is 24.3 Å². The minimum absolute atomic E-state index is 0.410. The van der Waals surface area contributed by atoms with Crippen molar-refractivity contribution in [3.05, 3.63) is 58.6 Å². The second-order valence-electron chi connectivity index (χ2n) is 3.47. The first-order valence-corrected chi connectivity index (χ1v) is 5.96. The van der Waals surface area contributed by atoms with Crippen LogP contribution in [0.1, 0.15) is 10.4 Å². The molecule has 0 aliphatic carbocycles. The molecule has 18 heavy (non-hydrogen) atoms. The quantitative estimate of drug-likeness (QED) is 0.706. The molecular weight excluding hydrogens is 294 g/mol. The molecule has 0 saturated carbocycles. The average molecular weight is 308 g/mol. The lowest BCUT2D eigenvalue weighted by atomic mass is 10.2. The van der Waals surface area contributed by atoms with Gasteiger partial charge in [-0.3, -0.25) is 4.79 Å². The topological polar surface area (TPSA) is 95.1 Å².